The number of nitrogens with zero attached hydrogens (tertiary/aromatic N) is 1. The first-order valence-electron chi connectivity index (χ1n) is 7.04. The lowest BCUT2D eigenvalue weighted by Crippen LogP contribution is -2.26. The molecule has 0 unspecified atom stereocenters. The minimum atomic E-state index is -0.717. The van der Waals surface area contributed by atoms with E-state index in [0.717, 1.165) is 0 Å². The number of phenols is 1. The van der Waals surface area contributed by atoms with Crippen molar-refractivity contribution in [3.05, 3.63) is 40.6 Å². The Morgan fingerprint density at radius 1 is 1.22 bits per heavy atom. The summed E-state index contributed by atoms with van der Waals surface area (Å²) in [5.41, 5.74) is 0.00297. The van der Waals surface area contributed by atoms with Crippen LogP contribution in [0.3, 0.4) is 0 Å². The summed E-state index contributed by atoms with van der Waals surface area (Å²) < 4.78 is 10.9. The van der Waals surface area contributed by atoms with E-state index in [1.54, 1.807) is 26.8 Å². The van der Waals surface area contributed by atoms with Gasteiger partial charge in [-0.25, -0.2) is 4.98 Å². The van der Waals surface area contributed by atoms with Crippen LogP contribution in [0.4, 0.5) is 0 Å². The second-order valence-electron chi connectivity index (χ2n) is 6.27. The molecule has 1 aromatic rings. The van der Waals surface area contributed by atoms with Gasteiger partial charge in [0.25, 0.3) is 0 Å². The molecule has 6 heteroatoms. The van der Waals surface area contributed by atoms with Crippen LogP contribution in [-0.2, 0) is 4.79 Å². The van der Waals surface area contributed by atoms with E-state index in [1.807, 2.05) is 0 Å². The van der Waals surface area contributed by atoms with E-state index in [1.165, 1.54) is 24.3 Å². The number of rotatable bonds is 1. The van der Waals surface area contributed by atoms with Crippen LogP contribution >= 0.6 is 0 Å². The minimum Gasteiger partial charge on any atom is -0.508 e. The van der Waals surface area contributed by atoms with E-state index in [9.17, 15) is 14.7 Å². The van der Waals surface area contributed by atoms with Crippen molar-refractivity contribution in [2.75, 3.05) is 0 Å². The van der Waals surface area contributed by atoms with Crippen LogP contribution < -0.4 is 10.2 Å². The van der Waals surface area contributed by atoms with E-state index in [2.05, 4.69) is 4.98 Å². The average molecular weight is 313 g/mol. The van der Waals surface area contributed by atoms with Gasteiger partial charge in [-0.2, -0.15) is 0 Å². The van der Waals surface area contributed by atoms with E-state index in [4.69, 9.17) is 9.15 Å². The van der Waals surface area contributed by atoms with Crippen molar-refractivity contribution in [1.29, 1.82) is 0 Å². The molecule has 1 aliphatic heterocycles. The van der Waals surface area contributed by atoms with Gasteiger partial charge in [-0.1, -0.05) is 0 Å². The molecule has 1 N–H and O–H groups in total. The zero-order chi connectivity index (χ0) is 16.8. The predicted octanol–water partition coefficient (Wildman–Crippen LogP) is 2.95. The van der Waals surface area contributed by atoms with Crippen LogP contribution in [0, 0.1) is 5.41 Å². The van der Waals surface area contributed by atoms with Gasteiger partial charge in [0, 0.05) is 18.2 Å². The fourth-order valence-corrected chi connectivity index (χ4v) is 1.99. The summed E-state index contributed by atoms with van der Waals surface area (Å²) in [4.78, 5) is 28.3. The number of esters is 1. The molecule has 0 saturated carbocycles. The Labute approximate surface area is 131 Å². The average Bonchev–Trinajstić information content (AvgIpc) is 2.44. The standard InChI is InChI=1S/C17H15NO5/c1-17(2,3)16(21)23-14-8-10(20)7-13-15(14)18-11-5-4-9(19)6-12(11)22-13/h4-8,19H,1-3H3. The fourth-order valence-electron chi connectivity index (χ4n) is 1.99. The Balaban J connectivity index is 2.21. The topological polar surface area (TPSA) is 89.6 Å². The van der Waals surface area contributed by atoms with Crippen molar-refractivity contribution in [3.63, 3.8) is 0 Å². The largest absolute Gasteiger partial charge is 0.508 e. The molecule has 118 valence electrons. The highest BCUT2D eigenvalue weighted by molar-refractivity contribution is 5.82. The van der Waals surface area contributed by atoms with Crippen LogP contribution in [0.1, 0.15) is 20.8 Å². The van der Waals surface area contributed by atoms with Gasteiger partial charge in [-0.05, 0) is 32.9 Å². The molecule has 1 aromatic carbocycles. The predicted molar refractivity (Wildman–Crippen MR) is 83.7 cm³/mol. The van der Waals surface area contributed by atoms with Crippen molar-refractivity contribution in [2.24, 2.45) is 5.41 Å². The summed E-state index contributed by atoms with van der Waals surface area (Å²) in [5.74, 6) is -0.199. The summed E-state index contributed by atoms with van der Waals surface area (Å²) in [5, 5.41) is 9.50. The van der Waals surface area contributed by atoms with E-state index in [0.29, 0.717) is 11.1 Å². The SMILES string of the molecule is CC(C)(C)C(=O)Oc1cc(=O)cc2oc3cc(O)ccc3nc1-2. The Kier molecular flexibility index (Phi) is 3.32. The number of ether oxygens (including phenoxy) is 1. The number of hydrogen-bond acceptors (Lipinski definition) is 6. The maximum Gasteiger partial charge on any atom is 0.316 e. The first-order valence-corrected chi connectivity index (χ1v) is 7.04. The van der Waals surface area contributed by atoms with Crippen LogP contribution in [0.2, 0.25) is 0 Å². The lowest BCUT2D eigenvalue weighted by molar-refractivity contribution is -0.142. The molecular formula is C17H15NO5. The third-order valence-electron chi connectivity index (χ3n) is 3.22. The zero-order valence-corrected chi connectivity index (χ0v) is 12.9. The van der Waals surface area contributed by atoms with Gasteiger partial charge in [0.2, 0.25) is 0 Å². The Morgan fingerprint density at radius 2 is 1.96 bits per heavy atom. The van der Waals surface area contributed by atoms with E-state index in [-0.39, 0.29) is 28.4 Å². The minimum absolute atomic E-state index is 0.0278. The molecule has 3 rings (SSSR count). The van der Waals surface area contributed by atoms with Crippen molar-refractivity contribution < 1.29 is 19.1 Å². The molecular weight excluding hydrogens is 298 g/mol. The lowest BCUT2D eigenvalue weighted by atomic mass is 9.97. The van der Waals surface area contributed by atoms with Crippen molar-refractivity contribution >= 4 is 17.1 Å². The highest BCUT2D eigenvalue weighted by atomic mass is 16.5. The molecule has 0 bridgehead atoms. The third-order valence-corrected chi connectivity index (χ3v) is 3.22. The Morgan fingerprint density at radius 3 is 2.65 bits per heavy atom. The van der Waals surface area contributed by atoms with E-state index >= 15 is 0 Å². The lowest BCUT2D eigenvalue weighted by Gasteiger charge is -2.18. The third kappa shape index (κ3) is 2.88. The van der Waals surface area contributed by atoms with Gasteiger partial charge in [-0.15, -0.1) is 0 Å². The van der Waals surface area contributed by atoms with Crippen molar-refractivity contribution in [2.45, 2.75) is 20.8 Å². The number of hydrogen-bond donors (Lipinski definition) is 1. The van der Waals surface area contributed by atoms with Gasteiger partial charge in [0.15, 0.2) is 22.5 Å². The summed E-state index contributed by atoms with van der Waals surface area (Å²) in [6, 6.07) is 6.93. The van der Waals surface area contributed by atoms with Gasteiger partial charge in [0.05, 0.1) is 5.41 Å². The maximum absolute atomic E-state index is 12.1. The number of benzene rings is 2. The van der Waals surface area contributed by atoms with Gasteiger partial charge in [0.1, 0.15) is 17.0 Å². The van der Waals surface area contributed by atoms with E-state index < -0.39 is 11.4 Å². The van der Waals surface area contributed by atoms with Crippen LogP contribution in [0.15, 0.2) is 39.5 Å². The van der Waals surface area contributed by atoms with Crippen LogP contribution in [0.25, 0.3) is 22.6 Å². The highest BCUT2D eigenvalue weighted by Crippen LogP contribution is 2.33. The molecule has 0 amide bonds. The highest BCUT2D eigenvalue weighted by Gasteiger charge is 2.26. The molecule has 0 spiro atoms. The molecule has 23 heavy (non-hydrogen) atoms. The molecule has 2 aliphatic rings. The molecule has 0 radical (unpaired) electrons. The monoisotopic (exact) mass is 313 g/mol. The number of aromatic hydroxyl groups is 1. The number of carbonyl (C=O) groups is 1. The Bertz CT molecular complexity index is 936. The molecule has 1 aliphatic carbocycles. The molecule has 0 fully saturated rings. The first kappa shape index (κ1) is 15.0. The first-order chi connectivity index (χ1) is 10.7. The summed E-state index contributed by atoms with van der Waals surface area (Å²) in [6.07, 6.45) is 0. The van der Waals surface area contributed by atoms with Gasteiger partial charge >= 0.3 is 5.97 Å². The smallest absolute Gasteiger partial charge is 0.316 e. The number of phenolic OH excluding ortho intramolecular Hbond substituents is 1. The van der Waals surface area contributed by atoms with Crippen molar-refractivity contribution in [1.82, 2.24) is 4.98 Å². The molecule has 0 atom stereocenters. The summed E-state index contributed by atoms with van der Waals surface area (Å²) in [6.45, 7) is 5.15. The van der Waals surface area contributed by atoms with Crippen LogP contribution in [0.5, 0.6) is 11.5 Å². The van der Waals surface area contributed by atoms with Gasteiger partial charge < -0.3 is 14.3 Å². The number of aromatic nitrogens is 1. The molecule has 1 heterocycles. The Hall–Kier alpha value is -2.89. The maximum atomic E-state index is 12.1. The van der Waals surface area contributed by atoms with Crippen molar-refractivity contribution in [3.8, 4) is 23.0 Å². The molecule has 0 saturated heterocycles. The normalized spacial score (nSPS) is 11.8. The fraction of sp³-hybridized carbons (Fsp3) is 0.235. The zero-order valence-electron chi connectivity index (χ0n) is 12.9. The van der Waals surface area contributed by atoms with Crippen LogP contribution in [-0.4, -0.2) is 16.1 Å². The number of fused-ring (bicyclic) bond motifs is 2. The van der Waals surface area contributed by atoms with Gasteiger partial charge in [-0.3, -0.25) is 9.59 Å². The second-order valence-corrected chi connectivity index (χ2v) is 6.27. The summed E-state index contributed by atoms with van der Waals surface area (Å²) >= 11 is 0. The second kappa shape index (κ2) is 5.08. The molecule has 6 nitrogen and oxygen atoms in total. The number of carbonyl (C=O) groups excluding carboxylic acids is 1. The summed E-state index contributed by atoms with van der Waals surface area (Å²) in [7, 11) is 0. The quantitative estimate of drug-likeness (QED) is 0.422. The molecule has 0 aromatic heterocycles.